The first kappa shape index (κ1) is 18.6. The average Bonchev–Trinajstić information content (AvgIpc) is 3.08. The second-order valence-corrected chi connectivity index (χ2v) is 6.49. The molecule has 0 amide bonds. The Hall–Kier alpha value is -3.21. The molecule has 0 aliphatic rings. The van der Waals surface area contributed by atoms with Crippen LogP contribution in [0, 0.1) is 0 Å². The molecule has 27 heavy (non-hydrogen) atoms. The van der Waals surface area contributed by atoms with Crippen molar-refractivity contribution in [3.8, 4) is 11.1 Å². The van der Waals surface area contributed by atoms with E-state index in [4.69, 9.17) is 0 Å². The van der Waals surface area contributed by atoms with Gasteiger partial charge in [-0.3, -0.25) is 4.79 Å². The Morgan fingerprint density at radius 2 is 1.89 bits per heavy atom. The fourth-order valence-electron chi connectivity index (χ4n) is 3.09. The van der Waals surface area contributed by atoms with Crippen molar-refractivity contribution in [2.45, 2.75) is 32.6 Å². The number of aromatic carboxylic acids is 1. The third-order valence-electron chi connectivity index (χ3n) is 4.54. The van der Waals surface area contributed by atoms with Gasteiger partial charge in [-0.25, -0.2) is 9.78 Å². The van der Waals surface area contributed by atoms with Crippen molar-refractivity contribution >= 4 is 12.3 Å². The number of aldehydes is 1. The van der Waals surface area contributed by atoms with Gasteiger partial charge in [0.05, 0.1) is 11.3 Å². The van der Waals surface area contributed by atoms with Crippen molar-refractivity contribution < 1.29 is 14.7 Å². The van der Waals surface area contributed by atoms with E-state index in [0.29, 0.717) is 17.7 Å². The first-order valence-corrected chi connectivity index (χ1v) is 9.07. The molecule has 0 bridgehead atoms. The number of aryl methyl sites for hydroxylation is 1. The fraction of sp³-hybridized carbons (Fsp3) is 0.227. The molecule has 3 rings (SSSR count). The summed E-state index contributed by atoms with van der Waals surface area (Å²) in [5.74, 6) is -0.0950. The highest BCUT2D eigenvalue weighted by atomic mass is 16.4. The van der Waals surface area contributed by atoms with Crippen LogP contribution in [0.4, 0.5) is 0 Å². The average molecular weight is 362 g/mol. The molecule has 0 fully saturated rings. The molecule has 3 aromatic rings. The van der Waals surface area contributed by atoms with Crippen molar-refractivity contribution in [1.29, 1.82) is 0 Å². The fourth-order valence-corrected chi connectivity index (χ4v) is 3.09. The van der Waals surface area contributed by atoms with Crippen molar-refractivity contribution in [1.82, 2.24) is 9.97 Å². The predicted octanol–water partition coefficient (Wildman–Crippen LogP) is 4.52. The van der Waals surface area contributed by atoms with Gasteiger partial charge in [0.1, 0.15) is 11.5 Å². The number of benzene rings is 2. The van der Waals surface area contributed by atoms with Crippen LogP contribution in [0.5, 0.6) is 0 Å². The van der Waals surface area contributed by atoms with Gasteiger partial charge in [0.2, 0.25) is 0 Å². The van der Waals surface area contributed by atoms with E-state index in [0.717, 1.165) is 48.2 Å². The molecule has 1 heterocycles. The minimum absolute atomic E-state index is 0.279. The van der Waals surface area contributed by atoms with Gasteiger partial charge in [-0.2, -0.15) is 0 Å². The van der Waals surface area contributed by atoms with E-state index in [1.807, 2.05) is 30.3 Å². The zero-order valence-electron chi connectivity index (χ0n) is 15.2. The number of aromatic nitrogens is 2. The first-order valence-electron chi connectivity index (χ1n) is 9.07. The van der Waals surface area contributed by atoms with Gasteiger partial charge >= 0.3 is 5.97 Å². The van der Waals surface area contributed by atoms with E-state index in [1.54, 1.807) is 18.2 Å². The number of hydrogen-bond donors (Lipinski definition) is 2. The molecule has 0 saturated carbocycles. The van der Waals surface area contributed by atoms with Crippen LogP contribution in [0.2, 0.25) is 0 Å². The molecule has 138 valence electrons. The van der Waals surface area contributed by atoms with Crippen molar-refractivity contribution in [3.63, 3.8) is 0 Å². The lowest BCUT2D eigenvalue weighted by molar-refractivity contribution is 0.0697. The molecule has 0 aliphatic heterocycles. The van der Waals surface area contributed by atoms with Crippen LogP contribution in [0.3, 0.4) is 0 Å². The summed E-state index contributed by atoms with van der Waals surface area (Å²) in [7, 11) is 0. The third kappa shape index (κ3) is 4.31. The normalized spacial score (nSPS) is 10.7. The highest BCUT2D eigenvalue weighted by Crippen LogP contribution is 2.25. The summed E-state index contributed by atoms with van der Waals surface area (Å²) < 4.78 is 0. The molecule has 0 radical (unpaired) electrons. The molecular weight excluding hydrogens is 340 g/mol. The Morgan fingerprint density at radius 3 is 2.56 bits per heavy atom. The molecule has 2 aromatic carbocycles. The van der Waals surface area contributed by atoms with Crippen molar-refractivity contribution in [2.24, 2.45) is 0 Å². The topological polar surface area (TPSA) is 83.0 Å². The van der Waals surface area contributed by atoms with E-state index >= 15 is 0 Å². The lowest BCUT2D eigenvalue weighted by Gasteiger charge is -2.07. The Morgan fingerprint density at radius 1 is 1.15 bits per heavy atom. The molecular formula is C22H22N2O3. The number of carboxylic acids is 1. The van der Waals surface area contributed by atoms with Crippen LogP contribution in [0.25, 0.3) is 11.1 Å². The number of hydrogen-bond acceptors (Lipinski definition) is 3. The highest BCUT2D eigenvalue weighted by Gasteiger charge is 2.12. The third-order valence-corrected chi connectivity index (χ3v) is 4.54. The van der Waals surface area contributed by atoms with Gasteiger partial charge < -0.3 is 10.1 Å². The number of carboxylic acid groups (broad SMARTS) is 1. The van der Waals surface area contributed by atoms with Crippen LogP contribution in [-0.4, -0.2) is 27.3 Å². The Bertz CT molecular complexity index is 942. The van der Waals surface area contributed by atoms with Gasteiger partial charge in [0.25, 0.3) is 0 Å². The number of nitrogens with zero attached hydrogens (tertiary/aromatic N) is 1. The second-order valence-electron chi connectivity index (χ2n) is 6.49. The van der Waals surface area contributed by atoms with Crippen LogP contribution >= 0.6 is 0 Å². The summed E-state index contributed by atoms with van der Waals surface area (Å²) in [6, 6.07) is 14.7. The second kappa shape index (κ2) is 8.45. The lowest BCUT2D eigenvalue weighted by atomic mass is 9.98. The lowest BCUT2D eigenvalue weighted by Crippen LogP contribution is -1.99. The molecule has 0 spiro atoms. The van der Waals surface area contributed by atoms with Gasteiger partial charge in [0, 0.05) is 12.8 Å². The summed E-state index contributed by atoms with van der Waals surface area (Å²) in [4.78, 5) is 30.4. The Balaban J connectivity index is 1.82. The first-order chi connectivity index (χ1) is 13.1. The van der Waals surface area contributed by atoms with Gasteiger partial charge in [-0.05, 0) is 29.2 Å². The standard InChI is InChI=1S/C22H22N2O3/c1-2-3-8-21-23-19(20(14-25)24-21)13-15-9-11-16(12-10-15)17-6-4-5-7-18(17)22(26)27/h4-7,9-12,14H,2-3,8,13H2,1H3,(H,23,24)(H,26,27). The molecule has 0 saturated heterocycles. The predicted molar refractivity (Wildman–Crippen MR) is 104 cm³/mol. The smallest absolute Gasteiger partial charge is 0.336 e. The highest BCUT2D eigenvalue weighted by molar-refractivity contribution is 5.96. The SMILES string of the molecule is CCCCc1nc(Cc2ccc(-c3ccccc3C(=O)O)cc2)c(C=O)[nH]1. The molecule has 5 heteroatoms. The number of carbonyl (C=O) groups is 2. The maximum Gasteiger partial charge on any atom is 0.336 e. The van der Waals surface area contributed by atoms with Crippen LogP contribution in [0.1, 0.15) is 57.7 Å². The number of imidazole rings is 1. The van der Waals surface area contributed by atoms with E-state index < -0.39 is 5.97 Å². The molecule has 5 nitrogen and oxygen atoms in total. The number of unbranched alkanes of at least 4 members (excludes halogenated alkanes) is 1. The molecule has 1 aromatic heterocycles. The summed E-state index contributed by atoms with van der Waals surface area (Å²) >= 11 is 0. The van der Waals surface area contributed by atoms with Gasteiger partial charge in [-0.15, -0.1) is 0 Å². The zero-order valence-corrected chi connectivity index (χ0v) is 15.2. The summed E-state index contributed by atoms with van der Waals surface area (Å²) in [6.45, 7) is 2.12. The maximum absolute atomic E-state index is 11.4. The summed E-state index contributed by atoms with van der Waals surface area (Å²) in [5.41, 5.74) is 4.10. The largest absolute Gasteiger partial charge is 0.478 e. The number of rotatable bonds is 8. The number of H-pyrrole nitrogens is 1. The molecule has 0 aliphatic carbocycles. The summed E-state index contributed by atoms with van der Waals surface area (Å²) in [5, 5.41) is 9.35. The van der Waals surface area contributed by atoms with Gasteiger partial charge in [0.15, 0.2) is 6.29 Å². The van der Waals surface area contributed by atoms with E-state index in [2.05, 4.69) is 16.9 Å². The Labute approximate surface area is 158 Å². The van der Waals surface area contributed by atoms with E-state index in [9.17, 15) is 14.7 Å². The van der Waals surface area contributed by atoms with Crippen LogP contribution in [-0.2, 0) is 12.8 Å². The molecule has 0 unspecified atom stereocenters. The maximum atomic E-state index is 11.4. The van der Waals surface area contributed by atoms with Crippen molar-refractivity contribution in [2.75, 3.05) is 0 Å². The zero-order chi connectivity index (χ0) is 19.2. The summed E-state index contributed by atoms with van der Waals surface area (Å²) in [6.07, 6.45) is 4.31. The quantitative estimate of drug-likeness (QED) is 0.577. The number of aromatic amines is 1. The monoisotopic (exact) mass is 362 g/mol. The van der Waals surface area contributed by atoms with E-state index in [1.165, 1.54) is 0 Å². The van der Waals surface area contributed by atoms with Crippen molar-refractivity contribution in [3.05, 3.63) is 76.9 Å². The number of nitrogens with one attached hydrogen (secondary N) is 1. The Kier molecular flexibility index (Phi) is 5.81. The molecule has 2 N–H and O–H groups in total. The van der Waals surface area contributed by atoms with E-state index in [-0.39, 0.29) is 5.56 Å². The van der Waals surface area contributed by atoms with Crippen LogP contribution in [0.15, 0.2) is 48.5 Å². The minimum Gasteiger partial charge on any atom is -0.478 e. The van der Waals surface area contributed by atoms with Crippen LogP contribution < -0.4 is 0 Å². The molecule has 0 atom stereocenters. The minimum atomic E-state index is -0.943. The number of carbonyl (C=O) groups excluding carboxylic acids is 1. The van der Waals surface area contributed by atoms with Gasteiger partial charge in [-0.1, -0.05) is 55.8 Å².